The maximum absolute atomic E-state index is 5.91. The van der Waals surface area contributed by atoms with Crippen molar-refractivity contribution in [2.24, 2.45) is 0 Å². The fourth-order valence-electron chi connectivity index (χ4n) is 2.16. The van der Waals surface area contributed by atoms with E-state index in [0.717, 1.165) is 21.6 Å². The molecular formula is C15H14ClN3. The van der Waals surface area contributed by atoms with E-state index in [4.69, 9.17) is 11.6 Å². The number of benzene rings is 2. The number of H-pyrrole nitrogens is 1. The summed E-state index contributed by atoms with van der Waals surface area (Å²) in [6.07, 6.45) is 1.83. The molecule has 0 saturated carbocycles. The van der Waals surface area contributed by atoms with E-state index in [9.17, 15) is 0 Å². The van der Waals surface area contributed by atoms with Crippen molar-refractivity contribution in [3.05, 3.63) is 59.2 Å². The van der Waals surface area contributed by atoms with Crippen molar-refractivity contribution in [3.63, 3.8) is 0 Å². The molecule has 4 heteroatoms. The van der Waals surface area contributed by atoms with Crippen LogP contribution in [0.25, 0.3) is 10.9 Å². The Kier molecular flexibility index (Phi) is 3.13. The normalized spacial score (nSPS) is 12.5. The predicted molar refractivity (Wildman–Crippen MR) is 79.6 cm³/mol. The third-order valence-electron chi connectivity index (χ3n) is 3.22. The van der Waals surface area contributed by atoms with Gasteiger partial charge in [-0.05, 0) is 30.7 Å². The molecule has 0 fully saturated rings. The van der Waals surface area contributed by atoms with Gasteiger partial charge in [0, 0.05) is 16.5 Å². The molecule has 0 radical (unpaired) electrons. The zero-order valence-electron chi connectivity index (χ0n) is 10.5. The summed E-state index contributed by atoms with van der Waals surface area (Å²) in [7, 11) is 0. The van der Waals surface area contributed by atoms with E-state index in [1.807, 2.05) is 48.7 Å². The molecule has 0 amide bonds. The van der Waals surface area contributed by atoms with Crippen molar-refractivity contribution in [2.45, 2.75) is 13.0 Å². The van der Waals surface area contributed by atoms with Crippen LogP contribution in [0.3, 0.4) is 0 Å². The highest BCUT2D eigenvalue weighted by molar-refractivity contribution is 6.30. The zero-order valence-corrected chi connectivity index (χ0v) is 11.3. The summed E-state index contributed by atoms with van der Waals surface area (Å²) in [6.45, 7) is 2.12. The van der Waals surface area contributed by atoms with Crippen molar-refractivity contribution >= 4 is 28.2 Å². The van der Waals surface area contributed by atoms with E-state index in [0.29, 0.717) is 0 Å². The molecule has 2 aromatic carbocycles. The van der Waals surface area contributed by atoms with Crippen LogP contribution in [0.1, 0.15) is 18.5 Å². The van der Waals surface area contributed by atoms with Gasteiger partial charge in [-0.25, -0.2) is 0 Å². The van der Waals surface area contributed by atoms with Crippen LogP contribution in [-0.2, 0) is 0 Å². The first-order chi connectivity index (χ1) is 9.24. The van der Waals surface area contributed by atoms with Crippen LogP contribution in [0.4, 0.5) is 5.69 Å². The Bertz CT molecular complexity index is 688. The summed E-state index contributed by atoms with van der Waals surface area (Å²) in [5.74, 6) is 0. The second-order valence-corrected chi connectivity index (χ2v) is 4.99. The van der Waals surface area contributed by atoms with Gasteiger partial charge in [-0.2, -0.15) is 5.10 Å². The van der Waals surface area contributed by atoms with Crippen molar-refractivity contribution < 1.29 is 0 Å². The van der Waals surface area contributed by atoms with Crippen LogP contribution in [0.5, 0.6) is 0 Å². The molecule has 0 aliphatic carbocycles. The number of rotatable bonds is 3. The van der Waals surface area contributed by atoms with Crippen LogP contribution in [0.2, 0.25) is 5.02 Å². The molecule has 0 saturated heterocycles. The van der Waals surface area contributed by atoms with Crippen LogP contribution in [0, 0.1) is 0 Å². The van der Waals surface area contributed by atoms with Crippen molar-refractivity contribution in [1.82, 2.24) is 10.2 Å². The van der Waals surface area contributed by atoms with Gasteiger partial charge in [0.2, 0.25) is 0 Å². The fraction of sp³-hybridized carbons (Fsp3) is 0.133. The van der Waals surface area contributed by atoms with Crippen LogP contribution in [0.15, 0.2) is 48.7 Å². The summed E-state index contributed by atoms with van der Waals surface area (Å²) in [5, 5.41) is 12.4. The lowest BCUT2D eigenvalue weighted by atomic mass is 10.1. The van der Waals surface area contributed by atoms with E-state index in [2.05, 4.69) is 22.4 Å². The standard InChI is InChI=1S/C15H14ClN3/c1-10(11-5-7-13(16)8-6-11)18-14-4-2-3-12-9-17-19-15(12)14/h2-10,18H,1H3,(H,17,19). The van der Waals surface area contributed by atoms with Crippen LogP contribution >= 0.6 is 11.6 Å². The van der Waals surface area contributed by atoms with Gasteiger partial charge in [0.25, 0.3) is 0 Å². The molecule has 1 heterocycles. The Morgan fingerprint density at radius 3 is 2.74 bits per heavy atom. The number of fused-ring (bicyclic) bond motifs is 1. The van der Waals surface area contributed by atoms with Gasteiger partial charge in [0.1, 0.15) is 0 Å². The van der Waals surface area contributed by atoms with E-state index in [-0.39, 0.29) is 6.04 Å². The molecule has 0 bridgehead atoms. The Labute approximate surface area is 116 Å². The third-order valence-corrected chi connectivity index (χ3v) is 3.47. The van der Waals surface area contributed by atoms with Gasteiger partial charge in [-0.3, -0.25) is 5.10 Å². The first-order valence-electron chi connectivity index (χ1n) is 6.18. The van der Waals surface area contributed by atoms with Gasteiger partial charge >= 0.3 is 0 Å². The number of hydrogen-bond acceptors (Lipinski definition) is 2. The highest BCUT2D eigenvalue weighted by Gasteiger charge is 2.08. The SMILES string of the molecule is CC(Nc1cccc2cn[nH]c12)c1ccc(Cl)cc1. The molecule has 0 spiro atoms. The monoisotopic (exact) mass is 271 g/mol. The van der Waals surface area contributed by atoms with Gasteiger partial charge in [-0.1, -0.05) is 35.9 Å². The Hall–Kier alpha value is -2.00. The first-order valence-corrected chi connectivity index (χ1v) is 6.56. The van der Waals surface area contributed by atoms with E-state index < -0.39 is 0 Å². The summed E-state index contributed by atoms with van der Waals surface area (Å²) in [4.78, 5) is 0. The molecule has 19 heavy (non-hydrogen) atoms. The first kappa shape index (κ1) is 12.1. The smallest absolute Gasteiger partial charge is 0.0881 e. The second-order valence-electron chi connectivity index (χ2n) is 4.56. The topological polar surface area (TPSA) is 40.7 Å². The molecule has 3 rings (SSSR count). The number of aromatic amines is 1. The number of aromatic nitrogens is 2. The highest BCUT2D eigenvalue weighted by Crippen LogP contribution is 2.25. The van der Waals surface area contributed by atoms with Gasteiger partial charge in [0.15, 0.2) is 0 Å². The molecule has 0 aliphatic heterocycles. The number of halogens is 1. The predicted octanol–water partition coefficient (Wildman–Crippen LogP) is 4.39. The Balaban J connectivity index is 1.88. The van der Waals surface area contributed by atoms with Gasteiger partial charge < -0.3 is 5.32 Å². The van der Waals surface area contributed by atoms with Gasteiger partial charge in [-0.15, -0.1) is 0 Å². The Morgan fingerprint density at radius 2 is 1.95 bits per heavy atom. The van der Waals surface area contributed by atoms with Crippen molar-refractivity contribution in [2.75, 3.05) is 5.32 Å². The molecule has 1 atom stereocenters. The van der Waals surface area contributed by atoms with Crippen molar-refractivity contribution in [3.8, 4) is 0 Å². The quantitative estimate of drug-likeness (QED) is 0.742. The molecule has 0 aliphatic rings. The number of hydrogen-bond donors (Lipinski definition) is 2. The average Bonchev–Trinajstić information content (AvgIpc) is 2.89. The second kappa shape index (κ2) is 4.94. The minimum Gasteiger partial charge on any atom is -0.377 e. The molecule has 96 valence electrons. The molecule has 3 aromatic rings. The maximum Gasteiger partial charge on any atom is 0.0881 e. The average molecular weight is 272 g/mol. The fourth-order valence-corrected chi connectivity index (χ4v) is 2.28. The van der Waals surface area contributed by atoms with Crippen LogP contribution < -0.4 is 5.32 Å². The molecule has 3 nitrogen and oxygen atoms in total. The lowest BCUT2D eigenvalue weighted by Gasteiger charge is -2.16. The van der Waals surface area contributed by atoms with Crippen molar-refractivity contribution in [1.29, 1.82) is 0 Å². The summed E-state index contributed by atoms with van der Waals surface area (Å²) in [5.41, 5.74) is 3.28. The van der Waals surface area contributed by atoms with E-state index in [1.54, 1.807) is 0 Å². The minimum absolute atomic E-state index is 0.200. The molecule has 1 unspecified atom stereocenters. The lowest BCUT2D eigenvalue weighted by molar-refractivity contribution is 0.886. The minimum atomic E-state index is 0.200. The summed E-state index contributed by atoms with van der Waals surface area (Å²) in [6, 6.07) is 14.2. The number of para-hydroxylation sites is 1. The highest BCUT2D eigenvalue weighted by atomic mass is 35.5. The van der Waals surface area contributed by atoms with E-state index in [1.165, 1.54) is 5.56 Å². The largest absolute Gasteiger partial charge is 0.377 e. The van der Waals surface area contributed by atoms with Gasteiger partial charge in [0.05, 0.1) is 17.4 Å². The molecular weight excluding hydrogens is 258 g/mol. The number of nitrogens with one attached hydrogen (secondary N) is 2. The Morgan fingerprint density at radius 1 is 1.16 bits per heavy atom. The maximum atomic E-state index is 5.91. The zero-order chi connectivity index (χ0) is 13.2. The number of nitrogens with zero attached hydrogens (tertiary/aromatic N) is 1. The summed E-state index contributed by atoms with van der Waals surface area (Å²) < 4.78 is 0. The summed E-state index contributed by atoms with van der Waals surface area (Å²) >= 11 is 5.91. The number of anilines is 1. The molecule has 2 N–H and O–H groups in total. The van der Waals surface area contributed by atoms with E-state index >= 15 is 0 Å². The lowest BCUT2D eigenvalue weighted by Crippen LogP contribution is -2.06. The van der Waals surface area contributed by atoms with Crippen LogP contribution in [-0.4, -0.2) is 10.2 Å². The molecule has 1 aromatic heterocycles. The third kappa shape index (κ3) is 2.42.